The van der Waals surface area contributed by atoms with E-state index in [2.05, 4.69) is 56.3 Å². The van der Waals surface area contributed by atoms with Gasteiger partial charge in [0.25, 0.3) is 0 Å². The first kappa shape index (κ1) is 20.4. The van der Waals surface area contributed by atoms with Gasteiger partial charge in [-0.25, -0.2) is 4.98 Å². The maximum absolute atomic E-state index is 13.7. The predicted octanol–water partition coefficient (Wildman–Crippen LogP) is 6.84. The van der Waals surface area contributed by atoms with Crippen LogP contribution < -0.4 is 4.90 Å². The number of hydrogen-bond acceptors (Lipinski definition) is 3. The molecule has 4 heteroatoms. The minimum Gasteiger partial charge on any atom is -0.283 e. The molecular weight excluding hydrogens is 412 g/mol. The number of hydrogen-bond donors (Lipinski definition) is 0. The maximum atomic E-state index is 13.7. The van der Waals surface area contributed by atoms with Crippen LogP contribution in [0.5, 0.6) is 0 Å². The molecule has 0 fully saturated rings. The summed E-state index contributed by atoms with van der Waals surface area (Å²) >= 11 is 1.60. The Balaban J connectivity index is 1.55. The summed E-state index contributed by atoms with van der Waals surface area (Å²) in [6, 6.07) is 28.8. The molecule has 1 aromatic heterocycles. The molecule has 0 radical (unpaired) electrons. The Morgan fingerprint density at radius 3 is 2.50 bits per heavy atom. The second-order valence-corrected chi connectivity index (χ2v) is 9.18. The van der Waals surface area contributed by atoms with Crippen molar-refractivity contribution in [1.82, 2.24) is 4.98 Å². The third-order valence-electron chi connectivity index (χ3n) is 5.75. The van der Waals surface area contributed by atoms with Gasteiger partial charge in [-0.05, 0) is 52.9 Å². The van der Waals surface area contributed by atoms with Crippen molar-refractivity contribution in [2.45, 2.75) is 26.8 Å². The number of fused-ring (bicyclic) bond motifs is 2. The summed E-state index contributed by atoms with van der Waals surface area (Å²) in [4.78, 5) is 20.4. The number of nitrogens with zero attached hydrogens (tertiary/aromatic N) is 2. The standard InChI is InChI=1S/C28H24N2OS/c1-19-15-20(2)27-25(16-19)29-28(32-27)30(18-21-9-4-3-5-10-21)26(31)17-23-13-8-12-22-11-6-7-14-24(22)23/h3-16H,17-18H2,1-2H3. The summed E-state index contributed by atoms with van der Waals surface area (Å²) in [5.41, 5.74) is 5.47. The topological polar surface area (TPSA) is 33.2 Å². The number of aromatic nitrogens is 1. The van der Waals surface area contributed by atoms with Gasteiger partial charge in [-0.1, -0.05) is 90.2 Å². The summed E-state index contributed by atoms with van der Waals surface area (Å²) in [5, 5.41) is 3.03. The molecule has 0 aliphatic carbocycles. The van der Waals surface area contributed by atoms with Gasteiger partial charge >= 0.3 is 0 Å². The third-order valence-corrected chi connectivity index (χ3v) is 6.98. The Morgan fingerprint density at radius 2 is 1.66 bits per heavy atom. The second-order valence-electron chi connectivity index (χ2n) is 8.21. The van der Waals surface area contributed by atoms with Crippen LogP contribution in [0, 0.1) is 13.8 Å². The van der Waals surface area contributed by atoms with Crippen molar-refractivity contribution in [3.05, 3.63) is 107 Å². The zero-order valence-corrected chi connectivity index (χ0v) is 19.0. The third kappa shape index (κ3) is 4.02. The molecule has 0 N–H and O–H groups in total. The average Bonchev–Trinajstić information content (AvgIpc) is 3.22. The molecule has 0 saturated heterocycles. The van der Waals surface area contributed by atoms with Gasteiger partial charge < -0.3 is 0 Å². The highest BCUT2D eigenvalue weighted by molar-refractivity contribution is 7.22. The van der Waals surface area contributed by atoms with Crippen LogP contribution in [0.4, 0.5) is 5.13 Å². The van der Waals surface area contributed by atoms with Crippen molar-refractivity contribution >= 4 is 43.4 Å². The zero-order chi connectivity index (χ0) is 22.1. The molecule has 0 aliphatic heterocycles. The van der Waals surface area contributed by atoms with Crippen molar-refractivity contribution in [3.63, 3.8) is 0 Å². The number of anilines is 1. The number of rotatable bonds is 5. The minimum atomic E-state index is 0.0543. The predicted molar refractivity (Wildman–Crippen MR) is 134 cm³/mol. The van der Waals surface area contributed by atoms with Gasteiger partial charge in [-0.15, -0.1) is 0 Å². The smallest absolute Gasteiger partial charge is 0.233 e. The molecule has 0 aliphatic rings. The second kappa shape index (κ2) is 8.56. The van der Waals surface area contributed by atoms with Crippen LogP contribution in [-0.2, 0) is 17.8 Å². The molecule has 5 aromatic rings. The van der Waals surface area contributed by atoms with Crippen LogP contribution in [0.25, 0.3) is 21.0 Å². The average molecular weight is 437 g/mol. The lowest BCUT2D eigenvalue weighted by Gasteiger charge is -2.20. The number of thiazole rings is 1. The van der Waals surface area contributed by atoms with Gasteiger partial charge in [0.15, 0.2) is 5.13 Å². The Kier molecular flexibility index (Phi) is 5.46. The van der Waals surface area contributed by atoms with Gasteiger partial charge in [0, 0.05) is 0 Å². The summed E-state index contributed by atoms with van der Waals surface area (Å²) in [7, 11) is 0. The SMILES string of the molecule is Cc1cc(C)c2sc(N(Cc3ccccc3)C(=O)Cc3cccc4ccccc34)nc2c1. The molecule has 3 nitrogen and oxygen atoms in total. The van der Waals surface area contributed by atoms with Crippen molar-refractivity contribution in [3.8, 4) is 0 Å². The highest BCUT2D eigenvalue weighted by Crippen LogP contribution is 2.33. The molecule has 1 amide bonds. The van der Waals surface area contributed by atoms with Gasteiger partial charge in [-0.2, -0.15) is 0 Å². The van der Waals surface area contributed by atoms with Crippen LogP contribution in [-0.4, -0.2) is 10.9 Å². The van der Waals surface area contributed by atoms with E-state index in [1.807, 2.05) is 47.4 Å². The fraction of sp³-hybridized carbons (Fsp3) is 0.143. The molecule has 32 heavy (non-hydrogen) atoms. The quantitative estimate of drug-likeness (QED) is 0.302. The summed E-state index contributed by atoms with van der Waals surface area (Å²) < 4.78 is 1.14. The normalized spacial score (nSPS) is 11.2. The lowest BCUT2D eigenvalue weighted by atomic mass is 10.0. The van der Waals surface area contributed by atoms with Crippen LogP contribution in [0.15, 0.2) is 84.9 Å². The lowest BCUT2D eigenvalue weighted by Crippen LogP contribution is -2.31. The highest BCUT2D eigenvalue weighted by Gasteiger charge is 2.22. The summed E-state index contributed by atoms with van der Waals surface area (Å²) in [6.45, 7) is 4.69. The molecule has 0 saturated carbocycles. The maximum Gasteiger partial charge on any atom is 0.233 e. The molecule has 4 aromatic carbocycles. The van der Waals surface area contributed by atoms with Crippen LogP contribution in [0.2, 0.25) is 0 Å². The lowest BCUT2D eigenvalue weighted by molar-refractivity contribution is -0.118. The Morgan fingerprint density at radius 1 is 0.906 bits per heavy atom. The Bertz CT molecular complexity index is 1420. The summed E-state index contributed by atoms with van der Waals surface area (Å²) in [5.74, 6) is 0.0543. The van der Waals surface area contributed by atoms with Crippen LogP contribution >= 0.6 is 11.3 Å². The highest BCUT2D eigenvalue weighted by atomic mass is 32.1. The largest absolute Gasteiger partial charge is 0.283 e. The molecule has 0 bridgehead atoms. The number of carbonyl (C=O) groups is 1. The summed E-state index contributed by atoms with van der Waals surface area (Å²) in [6.07, 6.45) is 0.335. The molecular formula is C28H24N2OS. The van der Waals surface area contributed by atoms with Crippen molar-refractivity contribution in [2.24, 2.45) is 0 Å². The van der Waals surface area contributed by atoms with Crippen LogP contribution in [0.1, 0.15) is 22.3 Å². The first-order valence-corrected chi connectivity index (χ1v) is 11.6. The van der Waals surface area contributed by atoms with Crippen molar-refractivity contribution < 1.29 is 4.79 Å². The van der Waals surface area contributed by atoms with E-state index in [0.717, 1.165) is 37.2 Å². The van der Waals surface area contributed by atoms with E-state index in [-0.39, 0.29) is 5.91 Å². The molecule has 0 spiro atoms. The van der Waals surface area contributed by atoms with E-state index >= 15 is 0 Å². The fourth-order valence-corrected chi connectivity index (χ4v) is 5.25. The van der Waals surface area contributed by atoms with Crippen LogP contribution in [0.3, 0.4) is 0 Å². The van der Waals surface area contributed by atoms with E-state index in [0.29, 0.717) is 13.0 Å². The van der Waals surface area contributed by atoms with E-state index in [1.54, 1.807) is 11.3 Å². The van der Waals surface area contributed by atoms with E-state index in [9.17, 15) is 4.79 Å². The monoisotopic (exact) mass is 436 g/mol. The molecule has 5 rings (SSSR count). The molecule has 158 valence electrons. The van der Waals surface area contributed by atoms with E-state index in [4.69, 9.17) is 4.98 Å². The zero-order valence-electron chi connectivity index (χ0n) is 18.2. The van der Waals surface area contributed by atoms with Gasteiger partial charge in [0.2, 0.25) is 5.91 Å². The molecule has 0 atom stereocenters. The Labute approximate surface area is 192 Å². The number of aryl methyl sites for hydroxylation is 2. The first-order valence-electron chi connectivity index (χ1n) is 10.8. The first-order chi connectivity index (χ1) is 15.6. The molecule has 0 unspecified atom stereocenters. The molecule has 1 heterocycles. The van der Waals surface area contributed by atoms with E-state index < -0.39 is 0 Å². The van der Waals surface area contributed by atoms with Crippen molar-refractivity contribution in [1.29, 1.82) is 0 Å². The van der Waals surface area contributed by atoms with Gasteiger partial charge in [0.05, 0.1) is 23.2 Å². The fourth-order valence-electron chi connectivity index (χ4n) is 4.21. The number of benzene rings is 4. The van der Waals surface area contributed by atoms with Gasteiger partial charge in [0.1, 0.15) is 0 Å². The van der Waals surface area contributed by atoms with Gasteiger partial charge in [-0.3, -0.25) is 9.69 Å². The van der Waals surface area contributed by atoms with E-state index in [1.165, 1.54) is 11.1 Å². The number of carbonyl (C=O) groups excluding carboxylic acids is 1. The number of amides is 1. The minimum absolute atomic E-state index is 0.0543. The Hall–Kier alpha value is -3.50. The van der Waals surface area contributed by atoms with Crippen molar-refractivity contribution in [2.75, 3.05) is 4.90 Å².